The van der Waals surface area contributed by atoms with Gasteiger partial charge in [0.25, 0.3) is 5.91 Å². The van der Waals surface area contributed by atoms with Crippen molar-refractivity contribution in [1.82, 2.24) is 25.0 Å². The van der Waals surface area contributed by atoms with Gasteiger partial charge in [0.2, 0.25) is 0 Å². The number of allylic oxidation sites excluding steroid dienone is 3. The second-order valence-corrected chi connectivity index (χ2v) is 12.2. The quantitative estimate of drug-likeness (QED) is 0.195. The van der Waals surface area contributed by atoms with Crippen molar-refractivity contribution in [3.63, 3.8) is 0 Å². The molecule has 6 rings (SSSR count). The average Bonchev–Trinajstić information content (AvgIpc) is 3.68. The molecule has 0 atom stereocenters. The molecule has 2 aromatic heterocycles. The number of carbonyl (C=O) groups excluding carboxylic acids is 2. The average molecular weight is 592 g/mol. The molecule has 0 spiro atoms. The molecule has 1 aliphatic carbocycles. The molecule has 0 saturated carbocycles. The third kappa shape index (κ3) is 7.19. The minimum absolute atomic E-state index is 0.0000428. The monoisotopic (exact) mass is 591 g/mol. The van der Waals surface area contributed by atoms with E-state index in [-0.39, 0.29) is 18.1 Å². The van der Waals surface area contributed by atoms with E-state index in [2.05, 4.69) is 58.4 Å². The number of amides is 1. The number of nitrogens with one attached hydrogen (secondary N) is 2. The van der Waals surface area contributed by atoms with Gasteiger partial charge in [-0.15, -0.1) is 0 Å². The molecule has 1 amide bonds. The summed E-state index contributed by atoms with van der Waals surface area (Å²) in [5.41, 5.74) is 5.67. The smallest absolute Gasteiger partial charge is 0.258 e. The van der Waals surface area contributed by atoms with E-state index in [0.717, 1.165) is 40.9 Å². The minimum atomic E-state index is -0.263. The Kier molecular flexibility index (Phi) is 9.07. The van der Waals surface area contributed by atoms with Crippen LogP contribution in [-0.2, 0) is 11.3 Å². The number of rotatable bonds is 11. The summed E-state index contributed by atoms with van der Waals surface area (Å²) < 4.78 is 7.81. The lowest BCUT2D eigenvalue weighted by Gasteiger charge is -2.26. The Balaban J connectivity index is 1.07. The maximum absolute atomic E-state index is 13.1. The van der Waals surface area contributed by atoms with Crippen LogP contribution in [0.4, 0.5) is 0 Å². The number of hydrogen-bond acceptors (Lipinski definition) is 5. The first-order chi connectivity index (χ1) is 21.4. The van der Waals surface area contributed by atoms with Crippen LogP contribution in [0.3, 0.4) is 0 Å². The van der Waals surface area contributed by atoms with Gasteiger partial charge in [0.05, 0.1) is 30.6 Å². The molecule has 8 nitrogen and oxygen atoms in total. The maximum atomic E-state index is 13.1. The van der Waals surface area contributed by atoms with E-state index in [9.17, 15) is 9.59 Å². The molecular formula is C36H41N5O3. The third-order valence-electron chi connectivity index (χ3n) is 8.47. The summed E-state index contributed by atoms with van der Waals surface area (Å²) in [5.74, 6) is 1.04. The molecule has 8 heteroatoms. The molecule has 0 bridgehead atoms. The molecule has 3 heterocycles. The highest BCUT2D eigenvalue weighted by Gasteiger charge is 2.20. The molecule has 0 unspecified atom stereocenters. The lowest BCUT2D eigenvalue weighted by atomic mass is 9.98. The van der Waals surface area contributed by atoms with Gasteiger partial charge >= 0.3 is 0 Å². The fraction of sp³-hybridized carbons (Fsp3) is 0.361. The van der Waals surface area contributed by atoms with Gasteiger partial charge in [0.1, 0.15) is 5.75 Å². The van der Waals surface area contributed by atoms with E-state index in [1.54, 1.807) is 29.2 Å². The van der Waals surface area contributed by atoms with E-state index in [1.165, 1.54) is 37.9 Å². The Morgan fingerprint density at radius 2 is 1.89 bits per heavy atom. The van der Waals surface area contributed by atoms with Crippen molar-refractivity contribution in [3.8, 4) is 5.75 Å². The molecule has 44 heavy (non-hydrogen) atoms. The molecule has 0 radical (unpaired) electrons. The third-order valence-corrected chi connectivity index (χ3v) is 8.47. The van der Waals surface area contributed by atoms with Crippen LogP contribution in [0.1, 0.15) is 79.0 Å². The van der Waals surface area contributed by atoms with Crippen molar-refractivity contribution in [2.45, 2.75) is 58.4 Å². The zero-order valence-electron chi connectivity index (χ0n) is 25.6. The second-order valence-electron chi connectivity index (χ2n) is 12.2. The highest BCUT2D eigenvalue weighted by Crippen LogP contribution is 2.28. The topological polar surface area (TPSA) is 92.2 Å². The number of carbonyl (C=O) groups is 2. The van der Waals surface area contributed by atoms with Crippen molar-refractivity contribution >= 4 is 28.2 Å². The summed E-state index contributed by atoms with van der Waals surface area (Å²) in [6, 6.07) is 16.4. The SMILES string of the molecule is CC(C)c1ccc(Cn2cc(C(=O)NC3=CCC(=O)C(c4cc5cc(OCCCN6CCCCC6)ccc5[nH]4)=C3)cn2)cc1. The van der Waals surface area contributed by atoms with Crippen LogP contribution in [0.5, 0.6) is 5.75 Å². The fourth-order valence-corrected chi connectivity index (χ4v) is 5.89. The van der Waals surface area contributed by atoms with Crippen LogP contribution < -0.4 is 10.1 Å². The van der Waals surface area contributed by atoms with Gasteiger partial charge in [-0.2, -0.15) is 5.10 Å². The number of ether oxygens (including phenoxy) is 1. The maximum Gasteiger partial charge on any atom is 0.258 e. The Labute approximate surface area is 258 Å². The molecule has 1 fully saturated rings. The number of Topliss-reactive ketones (excluding diaryl/α,β-unsaturated/α-hetero) is 1. The van der Waals surface area contributed by atoms with E-state index in [1.807, 2.05) is 24.3 Å². The van der Waals surface area contributed by atoms with Crippen LogP contribution in [0.25, 0.3) is 16.5 Å². The normalized spacial score (nSPS) is 15.8. The molecule has 4 aromatic rings. The summed E-state index contributed by atoms with van der Waals surface area (Å²) >= 11 is 0. The predicted octanol–water partition coefficient (Wildman–Crippen LogP) is 6.46. The molecule has 2 aliphatic rings. The minimum Gasteiger partial charge on any atom is -0.494 e. The number of piperidine rings is 1. The summed E-state index contributed by atoms with van der Waals surface area (Å²) in [6.45, 7) is 9.09. The Morgan fingerprint density at radius 1 is 1.07 bits per heavy atom. The number of hydrogen-bond donors (Lipinski definition) is 2. The van der Waals surface area contributed by atoms with Gasteiger partial charge in [-0.25, -0.2) is 0 Å². The van der Waals surface area contributed by atoms with Crippen molar-refractivity contribution in [2.24, 2.45) is 0 Å². The zero-order chi connectivity index (χ0) is 30.5. The Hall–Kier alpha value is -4.43. The first kappa shape index (κ1) is 29.6. The molecule has 228 valence electrons. The molecule has 1 aliphatic heterocycles. The number of aromatic nitrogens is 3. The number of benzene rings is 2. The number of aromatic amines is 1. The highest BCUT2D eigenvalue weighted by atomic mass is 16.5. The van der Waals surface area contributed by atoms with Gasteiger partial charge in [-0.1, -0.05) is 50.6 Å². The Morgan fingerprint density at radius 3 is 2.68 bits per heavy atom. The lowest BCUT2D eigenvalue weighted by molar-refractivity contribution is -0.113. The largest absolute Gasteiger partial charge is 0.494 e. The van der Waals surface area contributed by atoms with Crippen LogP contribution in [0.15, 0.2) is 78.8 Å². The van der Waals surface area contributed by atoms with Gasteiger partial charge in [0, 0.05) is 41.3 Å². The first-order valence-corrected chi connectivity index (χ1v) is 15.8. The van der Waals surface area contributed by atoms with Crippen LogP contribution in [-0.4, -0.2) is 57.6 Å². The molecule has 1 saturated heterocycles. The van der Waals surface area contributed by atoms with E-state index in [4.69, 9.17) is 4.74 Å². The van der Waals surface area contributed by atoms with Crippen molar-refractivity contribution in [3.05, 3.63) is 101 Å². The highest BCUT2D eigenvalue weighted by molar-refractivity contribution is 6.23. The standard InChI is InChI=1S/C36H41N5O3/c1-25(2)27-9-7-26(8-10-27)23-41-24-29(22-37-41)36(43)38-30-11-14-35(42)32(21-30)34-20-28-19-31(12-13-33(28)39-34)44-18-6-17-40-15-4-3-5-16-40/h7-13,19-22,24-25,39H,3-6,14-18,23H2,1-2H3,(H,38,43). The summed E-state index contributed by atoms with van der Waals surface area (Å²) in [7, 11) is 0. The number of ketones is 1. The van der Waals surface area contributed by atoms with Crippen LogP contribution in [0, 0.1) is 0 Å². The van der Waals surface area contributed by atoms with Gasteiger partial charge in [-0.3, -0.25) is 14.3 Å². The first-order valence-electron chi connectivity index (χ1n) is 15.8. The molecule has 2 aromatic carbocycles. The Bertz CT molecular complexity index is 1690. The second kappa shape index (κ2) is 13.5. The van der Waals surface area contributed by atoms with Gasteiger partial charge in [0.15, 0.2) is 5.78 Å². The van der Waals surface area contributed by atoms with Crippen molar-refractivity contribution in [2.75, 3.05) is 26.2 Å². The summed E-state index contributed by atoms with van der Waals surface area (Å²) in [5, 5.41) is 8.31. The summed E-state index contributed by atoms with van der Waals surface area (Å²) in [6.07, 6.45) is 12.0. The fourth-order valence-electron chi connectivity index (χ4n) is 5.89. The van der Waals surface area contributed by atoms with E-state index in [0.29, 0.717) is 35.9 Å². The van der Waals surface area contributed by atoms with Gasteiger partial charge < -0.3 is 19.9 Å². The van der Waals surface area contributed by atoms with E-state index < -0.39 is 0 Å². The van der Waals surface area contributed by atoms with Crippen molar-refractivity contribution < 1.29 is 14.3 Å². The number of nitrogens with zero attached hydrogens (tertiary/aromatic N) is 3. The number of likely N-dealkylation sites (tertiary alicyclic amines) is 1. The molecule has 2 N–H and O–H groups in total. The van der Waals surface area contributed by atoms with Crippen molar-refractivity contribution in [1.29, 1.82) is 0 Å². The molecular weight excluding hydrogens is 550 g/mol. The zero-order valence-corrected chi connectivity index (χ0v) is 25.6. The lowest BCUT2D eigenvalue weighted by Crippen LogP contribution is -2.31. The van der Waals surface area contributed by atoms with Gasteiger partial charge in [-0.05, 0) is 79.7 Å². The van der Waals surface area contributed by atoms with Crippen LogP contribution >= 0.6 is 0 Å². The number of fused-ring (bicyclic) bond motifs is 1. The summed E-state index contributed by atoms with van der Waals surface area (Å²) in [4.78, 5) is 31.8. The number of H-pyrrole nitrogens is 1. The van der Waals surface area contributed by atoms with E-state index >= 15 is 0 Å². The predicted molar refractivity (Wildman–Crippen MR) is 174 cm³/mol. The van der Waals surface area contributed by atoms with Crippen LogP contribution in [0.2, 0.25) is 0 Å².